The van der Waals surface area contributed by atoms with Gasteiger partial charge in [0.2, 0.25) is 0 Å². The molecule has 2 aromatic carbocycles. The third kappa shape index (κ3) is 4.89. The van der Waals surface area contributed by atoms with Crippen molar-refractivity contribution in [3.63, 3.8) is 0 Å². The molecule has 5 N–H and O–H groups in total. The van der Waals surface area contributed by atoms with Crippen LogP contribution in [0.4, 0.5) is 5.82 Å². The van der Waals surface area contributed by atoms with Crippen molar-refractivity contribution in [2.24, 2.45) is 0 Å². The van der Waals surface area contributed by atoms with Gasteiger partial charge in [-0.15, -0.1) is 4.68 Å². The van der Waals surface area contributed by atoms with Crippen molar-refractivity contribution in [3.05, 3.63) is 76.7 Å². The summed E-state index contributed by atoms with van der Waals surface area (Å²) >= 11 is 5.98. The van der Waals surface area contributed by atoms with Gasteiger partial charge in [0.05, 0.1) is 6.20 Å². The molecule has 0 amide bonds. The normalized spacial score (nSPS) is 11.6. The first kappa shape index (κ1) is 23.7. The van der Waals surface area contributed by atoms with E-state index in [1.807, 2.05) is 19.1 Å². The minimum Gasteiger partial charge on any atom is -0.283 e. The van der Waals surface area contributed by atoms with Crippen molar-refractivity contribution in [1.29, 1.82) is 0 Å². The van der Waals surface area contributed by atoms with Crippen LogP contribution in [0.2, 0.25) is 5.02 Å². The maximum absolute atomic E-state index is 11.9. The maximum atomic E-state index is 11.9. The Morgan fingerprint density at radius 2 is 1.85 bits per heavy atom. The van der Waals surface area contributed by atoms with Gasteiger partial charge in [-0.05, 0) is 43.5 Å². The van der Waals surface area contributed by atoms with Crippen LogP contribution in [0, 0.1) is 13.8 Å². The van der Waals surface area contributed by atoms with E-state index in [-0.39, 0.29) is 10.7 Å². The molecule has 0 aliphatic rings. The molecule has 0 atom stereocenters. The Hall–Kier alpha value is -3.47. The van der Waals surface area contributed by atoms with Gasteiger partial charge in [-0.3, -0.25) is 20.8 Å². The van der Waals surface area contributed by atoms with Gasteiger partial charge in [-0.1, -0.05) is 41.4 Å². The van der Waals surface area contributed by atoms with E-state index in [4.69, 9.17) is 23.2 Å². The predicted octanol–water partition coefficient (Wildman–Crippen LogP) is 2.96. The van der Waals surface area contributed by atoms with Crippen LogP contribution in [0.5, 0.6) is 0 Å². The van der Waals surface area contributed by atoms with Crippen LogP contribution in [0.25, 0.3) is 22.5 Å². The number of hydrogen-bond acceptors (Lipinski definition) is 6. The van der Waals surface area contributed by atoms with Crippen molar-refractivity contribution in [2.45, 2.75) is 31.7 Å². The quantitative estimate of drug-likeness (QED) is 0.210. The van der Waals surface area contributed by atoms with Crippen LogP contribution >= 0.6 is 11.6 Å². The van der Waals surface area contributed by atoms with E-state index >= 15 is 0 Å². The van der Waals surface area contributed by atoms with Gasteiger partial charge in [0.25, 0.3) is 10.1 Å². The summed E-state index contributed by atoms with van der Waals surface area (Å²) in [5, 5.41) is 4.98. The Morgan fingerprint density at radius 3 is 2.53 bits per heavy atom. The Bertz CT molecular complexity index is 1480. The van der Waals surface area contributed by atoms with Gasteiger partial charge in [0.1, 0.15) is 16.8 Å². The zero-order valence-corrected chi connectivity index (χ0v) is 20.2. The van der Waals surface area contributed by atoms with Crippen LogP contribution in [-0.4, -0.2) is 27.7 Å². The number of halogens is 1. The summed E-state index contributed by atoms with van der Waals surface area (Å²) in [7, 11) is -4.35. The van der Waals surface area contributed by atoms with Gasteiger partial charge < -0.3 is 0 Å². The smallest absolute Gasteiger partial charge is 0.283 e. The summed E-state index contributed by atoms with van der Waals surface area (Å²) in [4.78, 5) is 4.61. The number of rotatable bonds is 6. The topological polar surface area (TPSA) is 141 Å². The minimum atomic E-state index is -4.35. The molecule has 9 nitrogen and oxygen atoms in total. The number of anilines is 1. The van der Waals surface area contributed by atoms with Crippen molar-refractivity contribution in [2.75, 3.05) is 11.6 Å². The molecule has 0 spiro atoms. The van der Waals surface area contributed by atoms with Crippen molar-refractivity contribution in [3.8, 4) is 22.5 Å². The lowest BCUT2D eigenvalue weighted by atomic mass is 10.0. The average molecular weight is 500 g/mol. The minimum absolute atomic E-state index is 0.0590. The van der Waals surface area contributed by atoms with E-state index < -0.39 is 10.1 Å². The fourth-order valence-corrected chi connectivity index (χ4v) is 5.03. The van der Waals surface area contributed by atoms with Crippen LogP contribution < -0.4 is 16.3 Å². The molecular weight excluding hydrogens is 476 g/mol. The van der Waals surface area contributed by atoms with Crippen LogP contribution in [-0.2, 0) is 23.1 Å². The molecule has 0 bridgehead atoms. The number of aromatic nitrogens is 4. The summed E-state index contributed by atoms with van der Waals surface area (Å²) < 4.78 is 36.5. The van der Waals surface area contributed by atoms with E-state index in [1.165, 1.54) is 4.68 Å². The Labute approximate surface area is 202 Å². The number of hydrogen-bond donors (Lipinski definition) is 3. The molecule has 4 aromatic rings. The lowest BCUT2D eigenvalue weighted by Crippen LogP contribution is -2.47. The summed E-state index contributed by atoms with van der Waals surface area (Å²) in [6.45, 7) is 3.92. The van der Waals surface area contributed by atoms with Crippen LogP contribution in [0.15, 0.2) is 59.9 Å². The third-order valence-electron chi connectivity index (χ3n) is 5.43. The molecule has 2 heterocycles. The molecule has 11 heteroatoms. The van der Waals surface area contributed by atoms with Gasteiger partial charge in [-0.2, -0.15) is 13.5 Å². The van der Waals surface area contributed by atoms with Crippen LogP contribution in [0.3, 0.4) is 0 Å². The average Bonchev–Trinajstić information content (AvgIpc) is 3.22. The molecule has 0 aliphatic heterocycles. The van der Waals surface area contributed by atoms with E-state index in [0.29, 0.717) is 46.1 Å². The molecule has 0 saturated carbocycles. The SMILES string of the molecule is Cc1cc(C)c(S(=O)(=O)O)c(CCn2cc(-c3nc(-c4ccc(Cl)cc4)c[n+](N)c3N)cn2)c1. The Balaban J connectivity index is 1.64. The van der Waals surface area contributed by atoms with E-state index in [1.54, 1.807) is 54.5 Å². The monoisotopic (exact) mass is 499 g/mol. The van der Waals surface area contributed by atoms with E-state index in [2.05, 4.69) is 10.1 Å². The Morgan fingerprint density at radius 1 is 1.15 bits per heavy atom. The lowest BCUT2D eigenvalue weighted by Gasteiger charge is -2.12. The summed E-state index contributed by atoms with van der Waals surface area (Å²) in [5.41, 5.74) is 10.7. The Kier molecular flexibility index (Phi) is 6.30. The number of aryl methyl sites for hydroxylation is 4. The fraction of sp³-hybridized carbons (Fsp3) is 0.174. The summed E-state index contributed by atoms with van der Waals surface area (Å²) in [6.07, 6.45) is 5.36. The van der Waals surface area contributed by atoms with Gasteiger partial charge in [0.15, 0.2) is 5.69 Å². The number of nitrogen functional groups attached to an aromatic ring is 2. The second-order valence-electron chi connectivity index (χ2n) is 8.06. The predicted molar refractivity (Wildman–Crippen MR) is 130 cm³/mol. The molecular formula is C23H24ClN6O3S+. The fourth-order valence-electron chi connectivity index (χ4n) is 3.94. The molecule has 0 saturated heterocycles. The third-order valence-corrected chi connectivity index (χ3v) is 6.78. The zero-order valence-electron chi connectivity index (χ0n) is 18.6. The second kappa shape index (κ2) is 9.05. The molecule has 0 fully saturated rings. The van der Waals surface area contributed by atoms with Crippen molar-refractivity contribution >= 4 is 27.5 Å². The molecule has 34 heavy (non-hydrogen) atoms. The first-order valence-corrected chi connectivity index (χ1v) is 12.2. The zero-order chi connectivity index (χ0) is 24.6. The lowest BCUT2D eigenvalue weighted by molar-refractivity contribution is -0.623. The highest BCUT2D eigenvalue weighted by molar-refractivity contribution is 7.86. The second-order valence-corrected chi connectivity index (χ2v) is 9.86. The van der Waals surface area contributed by atoms with Gasteiger partial charge in [0, 0.05) is 28.9 Å². The highest BCUT2D eigenvalue weighted by Crippen LogP contribution is 2.26. The molecule has 4 rings (SSSR count). The standard InChI is InChI=1S/C23H23ClN6O3S/c1-14-9-15(2)22(34(31,32)33)17(10-14)7-8-29-12-18(11-27-29)21-23(25)30(26)13-20(28-21)16-3-5-19(24)6-4-16/h3-6,9-13,25H,7-8,26H2,1-2H3,(H,31,32,33)/p+1. The van der Waals surface area contributed by atoms with Gasteiger partial charge >= 0.3 is 5.82 Å². The number of nitrogens with zero attached hydrogens (tertiary/aromatic N) is 4. The molecule has 176 valence electrons. The van der Waals surface area contributed by atoms with Gasteiger partial charge in [-0.25, -0.2) is 4.98 Å². The molecule has 0 radical (unpaired) electrons. The molecule has 0 unspecified atom stereocenters. The highest BCUT2D eigenvalue weighted by atomic mass is 35.5. The van der Waals surface area contributed by atoms with Crippen LogP contribution in [0.1, 0.15) is 16.7 Å². The van der Waals surface area contributed by atoms with Crippen molar-refractivity contribution in [1.82, 2.24) is 14.8 Å². The number of benzene rings is 2. The first-order chi connectivity index (χ1) is 16.0. The summed E-state index contributed by atoms with van der Waals surface area (Å²) in [6, 6.07) is 10.7. The maximum Gasteiger partial charge on any atom is 0.322 e. The summed E-state index contributed by atoms with van der Waals surface area (Å²) in [5.74, 6) is 6.34. The highest BCUT2D eigenvalue weighted by Gasteiger charge is 2.20. The first-order valence-electron chi connectivity index (χ1n) is 10.4. The van der Waals surface area contributed by atoms with Crippen molar-refractivity contribution < 1.29 is 17.6 Å². The molecule has 2 aromatic heterocycles. The van der Waals surface area contributed by atoms with E-state index in [9.17, 15) is 13.0 Å². The largest absolute Gasteiger partial charge is 0.322 e. The van der Waals surface area contributed by atoms with E-state index in [0.717, 1.165) is 11.1 Å². The molecule has 0 aliphatic carbocycles. The number of nitrogens with two attached hydrogens (primary N) is 2.